The first kappa shape index (κ1) is 12.8. The maximum atomic E-state index is 12.4. The van der Waals surface area contributed by atoms with Crippen molar-refractivity contribution in [2.45, 2.75) is 57.8 Å². The lowest BCUT2D eigenvalue weighted by Gasteiger charge is -2.42. The van der Waals surface area contributed by atoms with E-state index in [2.05, 4.69) is 0 Å². The summed E-state index contributed by atoms with van der Waals surface area (Å²) in [7, 11) is 0. The highest BCUT2D eigenvalue weighted by Crippen LogP contribution is 2.29. The van der Waals surface area contributed by atoms with Crippen molar-refractivity contribution < 1.29 is 9.53 Å². The highest BCUT2D eigenvalue weighted by Gasteiger charge is 2.37. The van der Waals surface area contributed by atoms with Gasteiger partial charge in [0.2, 0.25) is 5.91 Å². The molecule has 3 atom stereocenters. The van der Waals surface area contributed by atoms with Crippen LogP contribution in [0.2, 0.25) is 0 Å². The van der Waals surface area contributed by atoms with Crippen LogP contribution in [0.5, 0.6) is 0 Å². The molecule has 1 saturated carbocycles. The molecule has 2 aliphatic rings. The van der Waals surface area contributed by atoms with Crippen LogP contribution in [-0.2, 0) is 9.53 Å². The molecule has 1 amide bonds. The zero-order valence-electron chi connectivity index (χ0n) is 11.1. The average molecular weight is 240 g/mol. The Morgan fingerprint density at radius 3 is 2.65 bits per heavy atom. The van der Waals surface area contributed by atoms with E-state index in [1.54, 1.807) is 0 Å². The van der Waals surface area contributed by atoms with Gasteiger partial charge in [-0.05, 0) is 40.0 Å². The number of nitrogens with zero attached hydrogens (tertiary/aromatic N) is 1. The summed E-state index contributed by atoms with van der Waals surface area (Å²) in [5, 5.41) is 0. The predicted octanol–water partition coefficient (Wildman–Crippen LogP) is 1.14. The van der Waals surface area contributed by atoms with E-state index in [-0.39, 0.29) is 29.6 Å². The van der Waals surface area contributed by atoms with E-state index in [0.29, 0.717) is 13.1 Å². The molecule has 2 N–H and O–H groups in total. The van der Waals surface area contributed by atoms with Gasteiger partial charge in [0.25, 0.3) is 0 Å². The molecule has 4 nitrogen and oxygen atoms in total. The van der Waals surface area contributed by atoms with E-state index >= 15 is 0 Å². The number of carbonyl (C=O) groups is 1. The fourth-order valence-electron chi connectivity index (χ4n) is 3.12. The molecule has 0 spiro atoms. The van der Waals surface area contributed by atoms with Crippen molar-refractivity contribution in [3.8, 4) is 0 Å². The molecule has 17 heavy (non-hydrogen) atoms. The minimum absolute atomic E-state index is 0.123. The lowest BCUT2D eigenvalue weighted by Crippen LogP contribution is -2.55. The van der Waals surface area contributed by atoms with Gasteiger partial charge in [0.1, 0.15) is 0 Å². The van der Waals surface area contributed by atoms with Crippen LogP contribution in [0.25, 0.3) is 0 Å². The lowest BCUT2D eigenvalue weighted by atomic mass is 10.0. The van der Waals surface area contributed by atoms with Gasteiger partial charge in [0.15, 0.2) is 0 Å². The van der Waals surface area contributed by atoms with Crippen LogP contribution in [-0.4, -0.2) is 41.6 Å². The summed E-state index contributed by atoms with van der Waals surface area (Å²) in [6, 6.07) is 0.218. The predicted molar refractivity (Wildman–Crippen MR) is 66.5 cm³/mol. The van der Waals surface area contributed by atoms with Crippen molar-refractivity contribution in [3.63, 3.8) is 0 Å². The molecule has 0 aromatic carbocycles. The van der Waals surface area contributed by atoms with Gasteiger partial charge in [-0.2, -0.15) is 0 Å². The monoisotopic (exact) mass is 240 g/mol. The zero-order chi connectivity index (χ0) is 12.6. The number of morpholine rings is 1. The lowest BCUT2D eigenvalue weighted by molar-refractivity contribution is -0.161. The minimum atomic E-state index is -0.228. The first-order valence-corrected chi connectivity index (χ1v) is 6.59. The van der Waals surface area contributed by atoms with Gasteiger partial charge >= 0.3 is 0 Å². The molecule has 0 unspecified atom stereocenters. The highest BCUT2D eigenvalue weighted by atomic mass is 16.5. The van der Waals surface area contributed by atoms with Crippen molar-refractivity contribution in [2.75, 3.05) is 13.1 Å². The largest absolute Gasteiger partial charge is 0.369 e. The van der Waals surface area contributed by atoms with Crippen LogP contribution in [0.1, 0.15) is 40.0 Å². The Hall–Kier alpha value is -0.610. The fraction of sp³-hybridized carbons (Fsp3) is 0.923. The van der Waals surface area contributed by atoms with Crippen molar-refractivity contribution in [2.24, 2.45) is 11.7 Å². The SMILES string of the molecule is C[C@@H]1CN(C(=O)[C@H]2CC[C@@H](N)C2)CC(C)(C)O1. The number of hydrogen-bond donors (Lipinski definition) is 1. The molecular formula is C13H24N2O2. The molecule has 1 aliphatic carbocycles. The van der Waals surface area contributed by atoms with Gasteiger partial charge in [-0.1, -0.05) is 0 Å². The Bertz CT molecular complexity index is 304. The molecule has 0 aromatic rings. The van der Waals surface area contributed by atoms with E-state index in [9.17, 15) is 4.79 Å². The van der Waals surface area contributed by atoms with Crippen molar-refractivity contribution >= 4 is 5.91 Å². The molecule has 1 saturated heterocycles. The van der Waals surface area contributed by atoms with Gasteiger partial charge in [-0.3, -0.25) is 4.79 Å². The second kappa shape index (κ2) is 4.58. The molecule has 2 fully saturated rings. The Morgan fingerprint density at radius 2 is 2.12 bits per heavy atom. The summed E-state index contributed by atoms with van der Waals surface area (Å²) in [5.74, 6) is 0.423. The standard InChI is InChI=1S/C13H24N2O2/c1-9-7-15(8-13(2,3)17-9)12(16)10-4-5-11(14)6-10/h9-11H,4-8,14H2,1-3H3/t9-,10+,11-/m1/s1. The first-order chi connectivity index (χ1) is 7.87. The van der Waals surface area contributed by atoms with Crippen LogP contribution in [0.3, 0.4) is 0 Å². The Labute approximate surface area is 103 Å². The normalized spacial score (nSPS) is 37.2. The highest BCUT2D eigenvalue weighted by molar-refractivity contribution is 5.79. The molecular weight excluding hydrogens is 216 g/mol. The Kier molecular flexibility index (Phi) is 3.46. The molecule has 1 heterocycles. The van der Waals surface area contributed by atoms with Crippen LogP contribution >= 0.6 is 0 Å². The van der Waals surface area contributed by atoms with Crippen molar-refractivity contribution in [1.29, 1.82) is 0 Å². The Morgan fingerprint density at radius 1 is 1.41 bits per heavy atom. The second-order valence-electron chi connectivity index (χ2n) is 6.18. The van der Waals surface area contributed by atoms with Gasteiger partial charge in [-0.25, -0.2) is 0 Å². The quantitative estimate of drug-likeness (QED) is 0.748. The third-order valence-corrected chi connectivity index (χ3v) is 3.70. The number of carbonyl (C=O) groups excluding carboxylic acids is 1. The van der Waals surface area contributed by atoms with Crippen LogP contribution < -0.4 is 5.73 Å². The fourth-order valence-corrected chi connectivity index (χ4v) is 3.12. The summed E-state index contributed by atoms with van der Waals surface area (Å²) < 4.78 is 5.82. The smallest absolute Gasteiger partial charge is 0.225 e. The van der Waals surface area contributed by atoms with Crippen LogP contribution in [0, 0.1) is 5.92 Å². The van der Waals surface area contributed by atoms with E-state index in [1.165, 1.54) is 0 Å². The van der Waals surface area contributed by atoms with E-state index in [4.69, 9.17) is 10.5 Å². The maximum Gasteiger partial charge on any atom is 0.225 e. The average Bonchev–Trinajstić information content (AvgIpc) is 2.60. The van der Waals surface area contributed by atoms with Crippen molar-refractivity contribution in [1.82, 2.24) is 4.90 Å². The third kappa shape index (κ3) is 2.99. The molecule has 98 valence electrons. The molecule has 1 aliphatic heterocycles. The number of hydrogen-bond acceptors (Lipinski definition) is 3. The van der Waals surface area contributed by atoms with E-state index in [1.807, 2.05) is 25.7 Å². The zero-order valence-corrected chi connectivity index (χ0v) is 11.1. The number of rotatable bonds is 1. The number of ether oxygens (including phenoxy) is 1. The summed E-state index contributed by atoms with van der Waals surface area (Å²) in [6.07, 6.45) is 2.91. The Balaban J connectivity index is 1.99. The number of nitrogens with two attached hydrogens (primary N) is 1. The number of amides is 1. The maximum absolute atomic E-state index is 12.4. The summed E-state index contributed by atoms with van der Waals surface area (Å²) >= 11 is 0. The van der Waals surface area contributed by atoms with Crippen LogP contribution in [0.15, 0.2) is 0 Å². The van der Waals surface area contributed by atoms with Gasteiger partial charge < -0.3 is 15.4 Å². The van der Waals surface area contributed by atoms with E-state index < -0.39 is 0 Å². The summed E-state index contributed by atoms with van der Waals surface area (Å²) in [5.41, 5.74) is 5.65. The van der Waals surface area contributed by atoms with Gasteiger partial charge in [0, 0.05) is 25.0 Å². The van der Waals surface area contributed by atoms with Crippen LogP contribution in [0.4, 0.5) is 0 Å². The topological polar surface area (TPSA) is 55.6 Å². The summed E-state index contributed by atoms with van der Waals surface area (Å²) in [4.78, 5) is 14.4. The minimum Gasteiger partial charge on any atom is -0.369 e. The summed E-state index contributed by atoms with van der Waals surface area (Å²) in [6.45, 7) is 7.53. The van der Waals surface area contributed by atoms with Crippen molar-refractivity contribution in [3.05, 3.63) is 0 Å². The molecule has 4 heteroatoms. The second-order valence-corrected chi connectivity index (χ2v) is 6.18. The molecule has 0 aromatic heterocycles. The van der Waals surface area contributed by atoms with E-state index in [0.717, 1.165) is 19.3 Å². The van der Waals surface area contributed by atoms with Gasteiger partial charge in [-0.15, -0.1) is 0 Å². The van der Waals surface area contributed by atoms with Gasteiger partial charge in [0.05, 0.1) is 11.7 Å². The molecule has 0 radical (unpaired) electrons. The third-order valence-electron chi connectivity index (χ3n) is 3.70. The molecule has 2 rings (SSSR count). The molecule has 0 bridgehead atoms. The first-order valence-electron chi connectivity index (χ1n) is 6.59.